The first-order valence-corrected chi connectivity index (χ1v) is 16.3. The van der Waals surface area contributed by atoms with Crippen LogP contribution in [0.3, 0.4) is 0 Å². The van der Waals surface area contributed by atoms with Gasteiger partial charge < -0.3 is 25.3 Å². The van der Waals surface area contributed by atoms with E-state index in [1.165, 1.54) is 0 Å². The van der Waals surface area contributed by atoms with Crippen LogP contribution in [0.5, 0.6) is 5.75 Å². The summed E-state index contributed by atoms with van der Waals surface area (Å²) in [4.78, 5) is 23.7. The lowest BCUT2D eigenvalue weighted by Gasteiger charge is -2.31. The van der Waals surface area contributed by atoms with Crippen molar-refractivity contribution in [3.05, 3.63) is 52.8 Å². The number of carbonyl (C=O) groups excluding carboxylic acids is 2. The molecule has 4 atom stereocenters. The Labute approximate surface area is 252 Å². The normalized spacial score (nSPS) is 28.4. The number of hydrogen-bond donors (Lipinski definition) is 2. The van der Waals surface area contributed by atoms with E-state index in [-0.39, 0.29) is 36.1 Å². The molecule has 1 aromatic carbocycles. The first kappa shape index (κ1) is 28.9. The van der Waals surface area contributed by atoms with Gasteiger partial charge in [0.1, 0.15) is 18.0 Å². The van der Waals surface area contributed by atoms with Crippen molar-refractivity contribution in [2.45, 2.75) is 95.1 Å². The number of ether oxygens (including phenoxy) is 2. The first-order chi connectivity index (χ1) is 20.1. The van der Waals surface area contributed by atoms with Crippen molar-refractivity contribution in [2.24, 2.45) is 5.41 Å². The lowest BCUT2D eigenvalue weighted by Crippen LogP contribution is -2.36. The van der Waals surface area contributed by atoms with Crippen molar-refractivity contribution < 1.29 is 23.8 Å². The Balaban J connectivity index is 0.931. The van der Waals surface area contributed by atoms with Crippen LogP contribution in [-0.4, -0.2) is 57.7 Å². The monoisotopic (exact) mass is 591 g/mol. The minimum absolute atomic E-state index is 0.0483. The summed E-state index contributed by atoms with van der Waals surface area (Å²) in [5.74, 6) is 1.51. The molecule has 2 fully saturated rings. The predicted molar refractivity (Wildman–Crippen MR) is 167 cm³/mol. The van der Waals surface area contributed by atoms with Crippen LogP contribution in [0.4, 0.5) is 10.5 Å². The summed E-state index contributed by atoms with van der Waals surface area (Å²) in [6.07, 6.45) is 16.8. The molecule has 0 aromatic heterocycles. The van der Waals surface area contributed by atoms with Crippen LogP contribution >= 0.6 is 11.8 Å². The first-order valence-electron chi connectivity index (χ1n) is 15.2. The molecule has 0 saturated carbocycles. The van der Waals surface area contributed by atoms with Crippen LogP contribution < -0.4 is 15.4 Å². The average Bonchev–Trinajstić information content (AvgIpc) is 3.58. The van der Waals surface area contributed by atoms with Gasteiger partial charge >= 0.3 is 12.0 Å². The van der Waals surface area contributed by atoms with Gasteiger partial charge in [-0.15, -0.1) is 0 Å². The summed E-state index contributed by atoms with van der Waals surface area (Å²) in [6.45, 7) is 6.70. The van der Waals surface area contributed by atoms with Crippen molar-refractivity contribution >= 4 is 46.8 Å². The molecule has 224 valence electrons. The fourth-order valence-corrected chi connectivity index (χ4v) is 8.21. The van der Waals surface area contributed by atoms with Crippen molar-refractivity contribution in [1.82, 2.24) is 10.6 Å². The molecule has 42 heavy (non-hydrogen) atoms. The fraction of sp³-hybridized carbons (Fsp3) is 0.545. The highest BCUT2D eigenvalue weighted by molar-refractivity contribution is 8.00. The SMILES string of the molecule is CC1(C)C=C2C(=[N+]([O-])c3c2ccc2c3C=CC(C)(C/C=C/COC(=O)CCCCCC3SCC4NC(=O)NC43)O2)CC1. The summed E-state index contributed by atoms with van der Waals surface area (Å²) >= 11 is 1.92. The van der Waals surface area contributed by atoms with Crippen LogP contribution in [-0.2, 0) is 9.53 Å². The Kier molecular flexibility index (Phi) is 7.89. The van der Waals surface area contributed by atoms with Gasteiger partial charge in [-0.3, -0.25) is 4.79 Å². The summed E-state index contributed by atoms with van der Waals surface area (Å²) in [5, 5.41) is 19.7. The van der Waals surface area contributed by atoms with Gasteiger partial charge in [0.25, 0.3) is 0 Å². The van der Waals surface area contributed by atoms with E-state index in [0.717, 1.165) is 77.2 Å². The molecular weight excluding hydrogens is 550 g/mol. The highest BCUT2D eigenvalue weighted by atomic mass is 32.2. The fourth-order valence-electron chi connectivity index (χ4n) is 6.66. The number of benzene rings is 1. The third kappa shape index (κ3) is 5.85. The second kappa shape index (κ2) is 11.5. The molecule has 5 aliphatic rings. The molecule has 0 radical (unpaired) electrons. The second-order valence-corrected chi connectivity index (χ2v) is 14.3. The second-order valence-electron chi connectivity index (χ2n) is 13.0. The van der Waals surface area contributed by atoms with E-state index in [0.29, 0.717) is 23.8 Å². The molecule has 1 aromatic rings. The molecule has 2 saturated heterocycles. The number of nitrogens with zero attached hydrogens (tertiary/aromatic N) is 1. The molecule has 0 bridgehead atoms. The summed E-state index contributed by atoms with van der Waals surface area (Å²) < 4.78 is 12.9. The zero-order chi connectivity index (χ0) is 29.5. The smallest absolute Gasteiger partial charge is 0.315 e. The van der Waals surface area contributed by atoms with E-state index in [1.54, 1.807) is 0 Å². The standard InChI is InChI=1S/C33H41N3O5S/c1-32(2)16-14-25-23(19-32)21-11-12-26-22(30(21)36(25)39)13-17-33(3,41-26)15-7-8-18-40-28(37)10-6-4-5-9-27-29-24(20-42-27)34-31(38)35-29/h7-8,11-13,17,19,24,27,29H,4-6,9-10,14-16,18,20H2,1-3H3,(H2,34,35,38)/b8-7+. The molecule has 6 rings (SSSR count). The highest BCUT2D eigenvalue weighted by Crippen LogP contribution is 2.48. The Morgan fingerprint density at radius 3 is 2.93 bits per heavy atom. The van der Waals surface area contributed by atoms with E-state index >= 15 is 0 Å². The minimum Gasteiger partial charge on any atom is -0.618 e. The van der Waals surface area contributed by atoms with Gasteiger partial charge in [-0.2, -0.15) is 16.5 Å². The summed E-state index contributed by atoms with van der Waals surface area (Å²) in [6, 6.07) is 4.45. The van der Waals surface area contributed by atoms with Gasteiger partial charge in [-0.25, -0.2) is 4.79 Å². The highest BCUT2D eigenvalue weighted by Gasteiger charge is 2.43. The van der Waals surface area contributed by atoms with E-state index in [4.69, 9.17) is 9.47 Å². The van der Waals surface area contributed by atoms with Gasteiger partial charge in [-0.05, 0) is 55.9 Å². The summed E-state index contributed by atoms with van der Waals surface area (Å²) in [5.41, 5.74) is 3.98. The predicted octanol–water partition coefficient (Wildman–Crippen LogP) is 6.26. The summed E-state index contributed by atoms with van der Waals surface area (Å²) in [7, 11) is 0. The zero-order valence-corrected chi connectivity index (χ0v) is 25.6. The molecule has 1 aliphatic carbocycles. The average molecular weight is 592 g/mol. The largest absolute Gasteiger partial charge is 0.618 e. The maximum atomic E-state index is 13.3. The van der Waals surface area contributed by atoms with Gasteiger partial charge in [0.15, 0.2) is 0 Å². The lowest BCUT2D eigenvalue weighted by atomic mass is 9.77. The van der Waals surface area contributed by atoms with Crippen LogP contribution in [0.25, 0.3) is 11.6 Å². The number of allylic oxidation sites excluding steroid dienone is 2. The number of carbonyl (C=O) groups is 2. The number of amides is 2. The Morgan fingerprint density at radius 1 is 1.21 bits per heavy atom. The van der Waals surface area contributed by atoms with Crippen molar-refractivity contribution in [3.8, 4) is 5.75 Å². The Morgan fingerprint density at radius 2 is 2.07 bits per heavy atom. The van der Waals surface area contributed by atoms with E-state index in [1.807, 2.05) is 55.1 Å². The van der Waals surface area contributed by atoms with Crippen LogP contribution in [0.2, 0.25) is 0 Å². The molecule has 4 aliphatic heterocycles. The molecule has 2 amide bonds. The number of hydrogen-bond acceptors (Lipinski definition) is 6. The topological polar surface area (TPSA) is 103 Å². The number of fused-ring (bicyclic) bond motifs is 6. The number of nitrogens with one attached hydrogen (secondary N) is 2. The van der Waals surface area contributed by atoms with Crippen molar-refractivity contribution in [3.63, 3.8) is 0 Å². The number of thioether (sulfide) groups is 1. The van der Waals surface area contributed by atoms with Gasteiger partial charge in [0, 0.05) is 30.3 Å². The zero-order valence-electron chi connectivity index (χ0n) is 24.7. The maximum absolute atomic E-state index is 13.3. The van der Waals surface area contributed by atoms with Gasteiger partial charge in [0.2, 0.25) is 11.4 Å². The molecule has 0 spiro atoms. The third-order valence-corrected chi connectivity index (χ3v) is 10.6. The van der Waals surface area contributed by atoms with Crippen molar-refractivity contribution in [1.29, 1.82) is 0 Å². The quantitative estimate of drug-likeness (QED) is 0.0832. The molecule has 9 heteroatoms. The molecular formula is C33H41N3O5S. The number of unbranched alkanes of at least 4 members (excludes halogenated alkanes) is 2. The Hall–Kier alpha value is -3.20. The number of rotatable bonds is 10. The number of urea groups is 1. The lowest BCUT2D eigenvalue weighted by molar-refractivity contribution is -0.358. The van der Waals surface area contributed by atoms with E-state index in [9.17, 15) is 14.8 Å². The van der Waals surface area contributed by atoms with Gasteiger partial charge in [-0.1, -0.05) is 44.9 Å². The van der Waals surface area contributed by atoms with Gasteiger partial charge in [0.05, 0.1) is 28.8 Å². The minimum atomic E-state index is -0.551. The Bertz CT molecular complexity index is 1400. The van der Waals surface area contributed by atoms with E-state index in [2.05, 4.69) is 30.6 Å². The molecule has 4 unspecified atom stereocenters. The van der Waals surface area contributed by atoms with Crippen LogP contribution in [0, 0.1) is 10.6 Å². The molecule has 8 nitrogen and oxygen atoms in total. The number of esters is 1. The third-order valence-electron chi connectivity index (χ3n) is 9.05. The molecule has 4 heterocycles. The maximum Gasteiger partial charge on any atom is 0.315 e. The van der Waals surface area contributed by atoms with Crippen LogP contribution in [0.1, 0.15) is 83.3 Å². The van der Waals surface area contributed by atoms with Crippen LogP contribution in [0.15, 0.2) is 36.4 Å². The van der Waals surface area contributed by atoms with Crippen molar-refractivity contribution in [2.75, 3.05) is 12.4 Å². The molecule has 2 N–H and O–H groups in total. The van der Waals surface area contributed by atoms with E-state index < -0.39 is 5.60 Å².